The molecule has 1 fully saturated rings. The number of fused-ring (bicyclic) bond motifs is 1. The van der Waals surface area contributed by atoms with Crippen molar-refractivity contribution in [1.82, 2.24) is 10.2 Å². The van der Waals surface area contributed by atoms with Crippen LogP contribution >= 0.6 is 34.7 Å². The maximum atomic E-state index is 13.5. The summed E-state index contributed by atoms with van der Waals surface area (Å²) in [7, 11) is 0. The number of aromatic nitrogens is 2. The minimum atomic E-state index is -0.892. The highest BCUT2D eigenvalue weighted by molar-refractivity contribution is 8.00. The van der Waals surface area contributed by atoms with Crippen molar-refractivity contribution in [3.63, 3.8) is 0 Å². The van der Waals surface area contributed by atoms with Crippen LogP contribution in [0.1, 0.15) is 35.2 Å². The molecule has 1 atom stereocenters. The lowest BCUT2D eigenvalue weighted by Gasteiger charge is -2.23. The largest absolute Gasteiger partial charge is 0.507 e. The minimum absolute atomic E-state index is 0.0264. The molecule has 208 valence electrons. The van der Waals surface area contributed by atoms with E-state index in [1.54, 1.807) is 18.2 Å². The summed E-state index contributed by atoms with van der Waals surface area (Å²) >= 11 is 8.68. The van der Waals surface area contributed by atoms with Gasteiger partial charge in [0, 0.05) is 16.3 Å². The van der Waals surface area contributed by atoms with Gasteiger partial charge in [-0.05, 0) is 53.4 Å². The van der Waals surface area contributed by atoms with Crippen molar-refractivity contribution in [3.8, 4) is 11.5 Å². The fraction of sp³-hybridized carbons (Fsp3) is 0.200. The second-order valence-corrected chi connectivity index (χ2v) is 12.0. The van der Waals surface area contributed by atoms with Crippen molar-refractivity contribution in [2.75, 3.05) is 18.1 Å². The number of ether oxygens (including phenoxy) is 2. The molecule has 1 amide bonds. The molecular formula is C30H24ClN3O5S2. The van der Waals surface area contributed by atoms with E-state index in [1.807, 2.05) is 55.5 Å². The number of rotatable bonds is 7. The number of halogens is 1. The summed E-state index contributed by atoms with van der Waals surface area (Å²) in [6.45, 7) is 2.85. The molecular weight excluding hydrogens is 582 g/mol. The molecule has 0 bridgehead atoms. The van der Waals surface area contributed by atoms with Gasteiger partial charge >= 0.3 is 5.91 Å². The lowest BCUT2D eigenvalue weighted by Crippen LogP contribution is -2.29. The number of amides is 1. The van der Waals surface area contributed by atoms with E-state index in [2.05, 4.69) is 10.2 Å². The number of hydrogen-bond acceptors (Lipinski definition) is 9. The Bertz CT molecular complexity index is 1650. The monoisotopic (exact) mass is 605 g/mol. The zero-order valence-corrected chi connectivity index (χ0v) is 24.3. The van der Waals surface area contributed by atoms with Crippen molar-refractivity contribution in [2.45, 2.75) is 29.5 Å². The summed E-state index contributed by atoms with van der Waals surface area (Å²) in [5, 5.41) is 21.0. The highest BCUT2D eigenvalue weighted by Crippen LogP contribution is 2.45. The molecule has 0 saturated carbocycles. The van der Waals surface area contributed by atoms with Crippen molar-refractivity contribution in [3.05, 3.63) is 99.6 Å². The first kappa shape index (κ1) is 27.3. The number of aryl methyl sites for hydroxylation is 1. The van der Waals surface area contributed by atoms with E-state index in [0.717, 1.165) is 17.5 Å². The molecule has 11 heteroatoms. The predicted octanol–water partition coefficient (Wildman–Crippen LogP) is 6.44. The van der Waals surface area contributed by atoms with Crippen LogP contribution in [0.3, 0.4) is 0 Å². The van der Waals surface area contributed by atoms with Gasteiger partial charge in [-0.15, -0.1) is 10.2 Å². The number of Topliss-reactive ketones (excluding diaryl/α,β-unsaturated/α-hetero) is 1. The van der Waals surface area contributed by atoms with E-state index in [1.165, 1.54) is 28.0 Å². The van der Waals surface area contributed by atoms with E-state index in [9.17, 15) is 14.7 Å². The number of nitrogens with zero attached hydrogens (tertiary/aromatic N) is 3. The van der Waals surface area contributed by atoms with E-state index in [4.69, 9.17) is 21.1 Å². The molecule has 8 nitrogen and oxygen atoms in total. The highest BCUT2D eigenvalue weighted by Gasteiger charge is 2.48. The van der Waals surface area contributed by atoms with E-state index in [0.29, 0.717) is 51.0 Å². The standard InChI is InChI=1S/C30H24ClN3O5S2/c1-2-17-3-7-19(8-4-17)25-24(26(35)20-9-12-22-23(15-20)39-14-13-38-22)27(36)28(37)34(25)29-32-33-30(41-29)40-16-18-5-10-21(31)11-6-18/h3-12,15,25,35H,2,13-14,16H2,1H3/b26-24+. The van der Waals surface area contributed by atoms with Crippen molar-refractivity contribution in [2.24, 2.45) is 0 Å². The van der Waals surface area contributed by atoms with Gasteiger partial charge in [0.1, 0.15) is 19.0 Å². The molecule has 1 unspecified atom stereocenters. The van der Waals surface area contributed by atoms with Crippen LogP contribution in [0.5, 0.6) is 11.5 Å². The first-order valence-corrected chi connectivity index (χ1v) is 15.1. The normalized spacial score (nSPS) is 17.7. The molecule has 41 heavy (non-hydrogen) atoms. The Morgan fingerprint density at radius 1 is 1.00 bits per heavy atom. The number of carbonyl (C=O) groups excluding carboxylic acids is 2. The molecule has 0 aliphatic carbocycles. The van der Waals surface area contributed by atoms with E-state index < -0.39 is 17.7 Å². The Hall–Kier alpha value is -3.86. The minimum Gasteiger partial charge on any atom is -0.507 e. The Balaban J connectivity index is 1.38. The summed E-state index contributed by atoms with van der Waals surface area (Å²) in [6.07, 6.45) is 0.836. The van der Waals surface area contributed by atoms with Crippen molar-refractivity contribution < 1.29 is 24.2 Å². The van der Waals surface area contributed by atoms with Gasteiger partial charge < -0.3 is 14.6 Å². The molecule has 3 heterocycles. The van der Waals surface area contributed by atoms with Gasteiger partial charge in [-0.25, -0.2) is 0 Å². The van der Waals surface area contributed by atoms with Crippen LogP contribution < -0.4 is 14.4 Å². The van der Waals surface area contributed by atoms with Crippen LogP contribution in [0, 0.1) is 0 Å². The third kappa shape index (κ3) is 5.42. The van der Waals surface area contributed by atoms with Crippen molar-refractivity contribution in [1.29, 1.82) is 0 Å². The molecule has 3 aromatic carbocycles. The summed E-state index contributed by atoms with van der Waals surface area (Å²) in [4.78, 5) is 28.4. The quantitative estimate of drug-likeness (QED) is 0.0844. The first-order chi connectivity index (χ1) is 19.9. The van der Waals surface area contributed by atoms with Gasteiger partial charge in [-0.2, -0.15) is 0 Å². The maximum Gasteiger partial charge on any atom is 0.301 e. The topological polar surface area (TPSA) is 102 Å². The van der Waals surface area contributed by atoms with Crippen LogP contribution in [0.4, 0.5) is 5.13 Å². The number of aliphatic hydroxyl groups excluding tert-OH is 1. The van der Waals surface area contributed by atoms with Crippen LogP contribution in [-0.2, 0) is 21.8 Å². The fourth-order valence-electron chi connectivity index (χ4n) is 4.71. The predicted molar refractivity (Wildman–Crippen MR) is 159 cm³/mol. The highest BCUT2D eigenvalue weighted by atomic mass is 35.5. The Morgan fingerprint density at radius 3 is 2.44 bits per heavy atom. The Kier molecular flexibility index (Phi) is 7.70. The molecule has 1 saturated heterocycles. The summed E-state index contributed by atoms with van der Waals surface area (Å²) in [6, 6.07) is 19.2. The zero-order valence-electron chi connectivity index (χ0n) is 21.9. The Morgan fingerprint density at radius 2 is 1.71 bits per heavy atom. The van der Waals surface area contributed by atoms with Gasteiger partial charge in [-0.1, -0.05) is 78.0 Å². The molecule has 4 aromatic rings. The number of benzene rings is 3. The molecule has 1 N–H and O–H groups in total. The Labute approximate surface area is 249 Å². The van der Waals surface area contributed by atoms with E-state index in [-0.39, 0.29) is 16.5 Å². The first-order valence-electron chi connectivity index (χ1n) is 12.9. The van der Waals surface area contributed by atoms with Gasteiger partial charge in [0.25, 0.3) is 5.78 Å². The van der Waals surface area contributed by atoms with Gasteiger partial charge in [0.2, 0.25) is 5.13 Å². The zero-order chi connectivity index (χ0) is 28.5. The molecule has 1 aromatic heterocycles. The summed E-state index contributed by atoms with van der Waals surface area (Å²) < 4.78 is 11.9. The summed E-state index contributed by atoms with van der Waals surface area (Å²) in [5.74, 6) is -0.223. The molecule has 0 radical (unpaired) electrons. The van der Waals surface area contributed by atoms with Crippen LogP contribution in [0.2, 0.25) is 5.02 Å². The van der Waals surface area contributed by atoms with Crippen LogP contribution in [0.25, 0.3) is 5.76 Å². The van der Waals surface area contributed by atoms with Gasteiger partial charge in [0.05, 0.1) is 11.6 Å². The third-order valence-electron chi connectivity index (χ3n) is 6.84. The van der Waals surface area contributed by atoms with Crippen molar-refractivity contribution >= 4 is 57.3 Å². The smallest absolute Gasteiger partial charge is 0.301 e. The average molecular weight is 606 g/mol. The maximum absolute atomic E-state index is 13.5. The number of aliphatic hydroxyl groups is 1. The van der Waals surface area contributed by atoms with Crippen LogP contribution in [0.15, 0.2) is 76.6 Å². The second-order valence-electron chi connectivity index (χ2n) is 9.39. The van der Waals surface area contributed by atoms with Gasteiger partial charge in [-0.3, -0.25) is 14.5 Å². The number of hydrogen-bond donors (Lipinski definition) is 1. The SMILES string of the molecule is CCc1ccc(C2/C(=C(\O)c3ccc4c(c3)OCCO4)C(=O)C(=O)N2c2nnc(SCc3ccc(Cl)cc3)s2)cc1. The number of thioether (sulfide) groups is 1. The van der Waals surface area contributed by atoms with Crippen LogP contribution in [-0.4, -0.2) is 40.2 Å². The lowest BCUT2D eigenvalue weighted by atomic mass is 9.94. The van der Waals surface area contributed by atoms with Gasteiger partial charge in [0.15, 0.2) is 15.8 Å². The fourth-order valence-corrected chi connectivity index (χ4v) is 6.66. The molecule has 6 rings (SSSR count). The lowest BCUT2D eigenvalue weighted by molar-refractivity contribution is -0.132. The molecule has 2 aliphatic heterocycles. The number of carbonyl (C=O) groups is 2. The molecule has 2 aliphatic rings. The third-order valence-corrected chi connectivity index (χ3v) is 9.22. The average Bonchev–Trinajstić information content (AvgIpc) is 3.58. The van der Waals surface area contributed by atoms with E-state index >= 15 is 0 Å². The summed E-state index contributed by atoms with van der Waals surface area (Å²) in [5.41, 5.74) is 3.16. The second kappa shape index (κ2) is 11.6. The number of anilines is 1. The molecule has 0 spiro atoms. The number of ketones is 1.